The summed E-state index contributed by atoms with van der Waals surface area (Å²) < 4.78 is 1.17. The summed E-state index contributed by atoms with van der Waals surface area (Å²) in [6, 6.07) is 12.0. The molecule has 2 aromatic carbocycles. The van der Waals surface area contributed by atoms with Gasteiger partial charge in [-0.1, -0.05) is 23.9 Å². The average Bonchev–Trinajstić information content (AvgIpc) is 2.91. The predicted octanol–water partition coefficient (Wildman–Crippen LogP) is 4.52. The summed E-state index contributed by atoms with van der Waals surface area (Å²) in [5.41, 5.74) is 4.97. The molecule has 0 radical (unpaired) electrons. The minimum absolute atomic E-state index is 0.0251. The molecule has 23 heavy (non-hydrogen) atoms. The lowest BCUT2D eigenvalue weighted by Crippen LogP contribution is -2.16. The number of aryl methyl sites for hydroxylation is 2. The number of H-pyrrole nitrogens is 1. The summed E-state index contributed by atoms with van der Waals surface area (Å²) >= 11 is 3.69. The number of anilines is 1. The fraction of sp³-hybridized carbons (Fsp3) is 0.176. The Morgan fingerprint density at radius 2 is 1.96 bits per heavy atom. The number of nitrogens with zero attached hydrogens (tertiary/aromatic N) is 1. The van der Waals surface area contributed by atoms with Crippen LogP contribution in [-0.2, 0) is 4.79 Å². The van der Waals surface area contributed by atoms with E-state index in [1.807, 2.05) is 38.1 Å². The number of hydrogen-bond donors (Lipinski definition) is 2. The van der Waals surface area contributed by atoms with E-state index in [0.29, 0.717) is 5.75 Å². The Kier molecular flexibility index (Phi) is 4.91. The van der Waals surface area contributed by atoms with Crippen LogP contribution in [-0.4, -0.2) is 21.6 Å². The van der Waals surface area contributed by atoms with Crippen LogP contribution in [0.3, 0.4) is 0 Å². The first-order valence-corrected chi connectivity index (χ1v) is 9.23. The normalized spacial score (nSPS) is 10.9. The van der Waals surface area contributed by atoms with Crippen molar-refractivity contribution >= 4 is 57.0 Å². The zero-order valence-electron chi connectivity index (χ0n) is 12.8. The number of para-hydroxylation sites is 2. The maximum atomic E-state index is 12.2. The summed E-state index contributed by atoms with van der Waals surface area (Å²) in [4.78, 5) is 19.9. The number of hydrogen-bond acceptors (Lipinski definition) is 3. The predicted molar refractivity (Wildman–Crippen MR) is 104 cm³/mol. The van der Waals surface area contributed by atoms with Gasteiger partial charge in [-0.2, -0.15) is 0 Å². The number of rotatable bonds is 4. The van der Waals surface area contributed by atoms with Crippen LogP contribution in [0.4, 0.5) is 5.69 Å². The minimum Gasteiger partial charge on any atom is -0.333 e. The molecule has 1 amide bonds. The largest absolute Gasteiger partial charge is 0.333 e. The number of amides is 1. The molecule has 4 nitrogen and oxygen atoms in total. The van der Waals surface area contributed by atoms with Crippen LogP contribution in [0.25, 0.3) is 11.0 Å². The van der Waals surface area contributed by atoms with Crippen LogP contribution in [0.2, 0.25) is 0 Å². The van der Waals surface area contributed by atoms with E-state index in [4.69, 9.17) is 0 Å². The fourth-order valence-corrected chi connectivity index (χ4v) is 4.03. The first-order chi connectivity index (χ1) is 11.0. The van der Waals surface area contributed by atoms with Crippen LogP contribution in [0.15, 0.2) is 41.6 Å². The lowest BCUT2D eigenvalue weighted by molar-refractivity contribution is -0.113. The molecule has 6 heteroatoms. The number of imidazole rings is 1. The third-order valence-electron chi connectivity index (χ3n) is 3.47. The second-order valence-electron chi connectivity index (χ2n) is 5.31. The van der Waals surface area contributed by atoms with E-state index >= 15 is 0 Å². The van der Waals surface area contributed by atoms with Gasteiger partial charge < -0.3 is 10.3 Å². The van der Waals surface area contributed by atoms with Crippen molar-refractivity contribution in [1.29, 1.82) is 0 Å². The zero-order valence-corrected chi connectivity index (χ0v) is 15.8. The molecule has 0 fully saturated rings. The van der Waals surface area contributed by atoms with Gasteiger partial charge in [-0.25, -0.2) is 4.98 Å². The van der Waals surface area contributed by atoms with Gasteiger partial charge in [0.25, 0.3) is 0 Å². The number of aromatic amines is 1. The third-order valence-corrected chi connectivity index (χ3v) is 4.97. The van der Waals surface area contributed by atoms with Crippen molar-refractivity contribution in [3.8, 4) is 0 Å². The molecule has 118 valence electrons. The highest BCUT2D eigenvalue weighted by atomic mass is 127. The number of thioether (sulfide) groups is 1. The van der Waals surface area contributed by atoms with E-state index in [2.05, 4.69) is 50.0 Å². The highest BCUT2D eigenvalue weighted by Crippen LogP contribution is 2.24. The molecule has 0 aliphatic rings. The van der Waals surface area contributed by atoms with Crippen LogP contribution < -0.4 is 5.32 Å². The van der Waals surface area contributed by atoms with Gasteiger partial charge in [0.2, 0.25) is 5.91 Å². The lowest BCUT2D eigenvalue weighted by Gasteiger charge is -2.12. The van der Waals surface area contributed by atoms with E-state index in [1.54, 1.807) is 0 Å². The SMILES string of the molecule is Cc1cc(I)cc(C)c1NC(=O)CSc1nc2ccccc2[nH]1. The van der Waals surface area contributed by atoms with Crippen molar-refractivity contribution in [3.63, 3.8) is 0 Å². The first-order valence-electron chi connectivity index (χ1n) is 7.17. The van der Waals surface area contributed by atoms with Gasteiger partial charge in [0.1, 0.15) is 0 Å². The van der Waals surface area contributed by atoms with E-state index in [-0.39, 0.29) is 5.91 Å². The number of halogens is 1. The molecular weight excluding hydrogens is 421 g/mol. The molecule has 0 saturated carbocycles. The molecule has 0 aliphatic carbocycles. The third kappa shape index (κ3) is 3.87. The van der Waals surface area contributed by atoms with Gasteiger partial charge in [-0.15, -0.1) is 0 Å². The van der Waals surface area contributed by atoms with Crippen molar-refractivity contribution in [2.45, 2.75) is 19.0 Å². The summed E-state index contributed by atoms with van der Waals surface area (Å²) in [6.07, 6.45) is 0. The van der Waals surface area contributed by atoms with E-state index in [9.17, 15) is 4.79 Å². The van der Waals surface area contributed by atoms with E-state index < -0.39 is 0 Å². The lowest BCUT2D eigenvalue weighted by atomic mass is 10.1. The van der Waals surface area contributed by atoms with Gasteiger partial charge in [0, 0.05) is 9.26 Å². The fourth-order valence-electron chi connectivity index (χ4n) is 2.42. The molecule has 0 aliphatic heterocycles. The number of fused-ring (bicyclic) bond motifs is 1. The molecule has 3 aromatic rings. The molecule has 3 rings (SSSR count). The maximum Gasteiger partial charge on any atom is 0.234 e. The quantitative estimate of drug-likeness (QED) is 0.467. The number of benzene rings is 2. The summed E-state index contributed by atoms with van der Waals surface area (Å²) in [5, 5.41) is 3.77. The Balaban J connectivity index is 1.66. The molecule has 2 N–H and O–H groups in total. The molecule has 0 saturated heterocycles. The Hall–Kier alpha value is -1.54. The molecule has 0 atom stereocenters. The Bertz CT molecular complexity index is 819. The van der Waals surface area contributed by atoms with Gasteiger partial charge >= 0.3 is 0 Å². The zero-order chi connectivity index (χ0) is 16.4. The van der Waals surface area contributed by atoms with Crippen molar-refractivity contribution in [3.05, 3.63) is 51.1 Å². The molecule has 0 spiro atoms. The van der Waals surface area contributed by atoms with E-state index in [0.717, 1.165) is 33.0 Å². The Morgan fingerprint density at radius 3 is 2.65 bits per heavy atom. The van der Waals surface area contributed by atoms with Gasteiger partial charge in [0.15, 0.2) is 5.16 Å². The van der Waals surface area contributed by atoms with Gasteiger partial charge in [-0.05, 0) is 71.8 Å². The number of carbonyl (C=O) groups is 1. The van der Waals surface area contributed by atoms with Crippen molar-refractivity contribution in [2.75, 3.05) is 11.1 Å². The monoisotopic (exact) mass is 437 g/mol. The molecule has 1 aromatic heterocycles. The van der Waals surface area contributed by atoms with Crippen molar-refractivity contribution in [2.24, 2.45) is 0 Å². The Morgan fingerprint density at radius 1 is 1.26 bits per heavy atom. The van der Waals surface area contributed by atoms with Crippen LogP contribution in [0.1, 0.15) is 11.1 Å². The topological polar surface area (TPSA) is 57.8 Å². The standard InChI is InChI=1S/C17H16IN3OS/c1-10-7-12(18)8-11(2)16(10)21-15(22)9-23-17-19-13-5-3-4-6-14(13)20-17/h3-8H,9H2,1-2H3,(H,19,20)(H,21,22). The molecular formula is C17H16IN3OS. The minimum atomic E-state index is -0.0251. The second-order valence-corrected chi connectivity index (χ2v) is 7.52. The smallest absolute Gasteiger partial charge is 0.234 e. The second kappa shape index (κ2) is 6.92. The molecule has 0 bridgehead atoms. The van der Waals surface area contributed by atoms with E-state index in [1.165, 1.54) is 15.3 Å². The molecule has 0 unspecified atom stereocenters. The van der Waals surface area contributed by atoms with Crippen LogP contribution >= 0.6 is 34.4 Å². The summed E-state index contributed by atoms with van der Waals surface area (Å²) in [5.74, 6) is 0.299. The number of aromatic nitrogens is 2. The van der Waals surface area contributed by atoms with Crippen molar-refractivity contribution in [1.82, 2.24) is 9.97 Å². The highest BCUT2D eigenvalue weighted by molar-refractivity contribution is 14.1. The number of nitrogens with one attached hydrogen (secondary N) is 2. The number of carbonyl (C=O) groups excluding carboxylic acids is 1. The van der Waals surface area contributed by atoms with Gasteiger partial charge in [-0.3, -0.25) is 4.79 Å². The maximum absolute atomic E-state index is 12.2. The van der Waals surface area contributed by atoms with Crippen LogP contribution in [0.5, 0.6) is 0 Å². The summed E-state index contributed by atoms with van der Waals surface area (Å²) in [7, 11) is 0. The Labute approximate surface area is 152 Å². The average molecular weight is 437 g/mol. The van der Waals surface area contributed by atoms with Crippen LogP contribution in [0, 0.1) is 17.4 Å². The highest BCUT2D eigenvalue weighted by Gasteiger charge is 2.10. The first kappa shape index (κ1) is 16.3. The van der Waals surface area contributed by atoms with Crippen molar-refractivity contribution < 1.29 is 4.79 Å². The van der Waals surface area contributed by atoms with Gasteiger partial charge in [0.05, 0.1) is 16.8 Å². The molecule has 1 heterocycles. The summed E-state index contributed by atoms with van der Waals surface area (Å²) in [6.45, 7) is 4.02.